The van der Waals surface area contributed by atoms with Crippen molar-refractivity contribution in [3.8, 4) is 0 Å². The maximum Gasteiger partial charge on any atom is 0.335 e. The van der Waals surface area contributed by atoms with Crippen LogP contribution in [0, 0.1) is 0 Å². The van der Waals surface area contributed by atoms with E-state index < -0.39 is 8.56 Å². The Morgan fingerprint density at radius 2 is 1.48 bits per heavy atom. The van der Waals surface area contributed by atoms with E-state index in [0.29, 0.717) is 0 Å². The molecule has 21 heavy (non-hydrogen) atoms. The zero-order valence-corrected chi connectivity index (χ0v) is 16.5. The molecule has 0 N–H and O–H groups in total. The monoisotopic (exact) mass is 312 g/mol. The molecule has 0 amide bonds. The van der Waals surface area contributed by atoms with Gasteiger partial charge in [-0.2, -0.15) is 0 Å². The zero-order valence-electron chi connectivity index (χ0n) is 15.5. The summed E-state index contributed by atoms with van der Waals surface area (Å²) in [6, 6.07) is 1.04. The molecule has 0 aromatic rings. The summed E-state index contributed by atoms with van der Waals surface area (Å²) in [5.41, 5.74) is 2.92. The molecular weight excluding hydrogens is 276 g/mol. The van der Waals surface area contributed by atoms with Crippen LogP contribution < -0.4 is 0 Å². The summed E-state index contributed by atoms with van der Waals surface area (Å²) in [6.07, 6.45) is 8.41. The van der Waals surface area contributed by atoms with Crippen LogP contribution in [0.4, 0.5) is 0 Å². The highest BCUT2D eigenvalue weighted by molar-refractivity contribution is 6.66. The van der Waals surface area contributed by atoms with E-state index in [2.05, 4.69) is 67.2 Å². The molecule has 0 aliphatic rings. The summed E-state index contributed by atoms with van der Waals surface area (Å²) in [7, 11) is -2.06. The molecule has 0 aromatic heterocycles. The Hall–Kier alpha value is -0.383. The van der Waals surface area contributed by atoms with Crippen molar-refractivity contribution in [2.75, 3.05) is 0 Å². The van der Waals surface area contributed by atoms with Crippen LogP contribution in [0.15, 0.2) is 23.3 Å². The largest absolute Gasteiger partial charge is 0.392 e. The van der Waals surface area contributed by atoms with E-state index in [-0.39, 0.29) is 12.2 Å². The van der Waals surface area contributed by atoms with Gasteiger partial charge in [-0.25, -0.2) is 0 Å². The molecule has 0 radical (unpaired) electrons. The average molecular weight is 313 g/mol. The van der Waals surface area contributed by atoms with Gasteiger partial charge in [0, 0.05) is 12.2 Å². The lowest BCUT2D eigenvalue weighted by Gasteiger charge is -2.31. The maximum absolute atomic E-state index is 6.14. The van der Waals surface area contributed by atoms with Crippen molar-refractivity contribution >= 4 is 8.56 Å². The molecule has 124 valence electrons. The molecule has 0 fully saturated rings. The summed E-state index contributed by atoms with van der Waals surface area (Å²) in [4.78, 5) is 0. The molecule has 0 aliphatic heterocycles. The smallest absolute Gasteiger partial charge is 0.335 e. The number of hydrogen-bond acceptors (Lipinski definition) is 2. The van der Waals surface area contributed by atoms with Gasteiger partial charge in [0.2, 0.25) is 0 Å². The van der Waals surface area contributed by atoms with Crippen LogP contribution in [0.25, 0.3) is 0 Å². The van der Waals surface area contributed by atoms with Gasteiger partial charge in [-0.05, 0) is 80.3 Å². The SMILES string of the molecule is C/C=C(\C)CC/C=C(\C)CC[Si](C)(OC(C)C)OC(C)C. The van der Waals surface area contributed by atoms with E-state index in [1.807, 2.05) is 0 Å². The second-order valence-electron chi connectivity index (χ2n) is 6.69. The van der Waals surface area contributed by atoms with Crippen molar-refractivity contribution in [2.45, 2.75) is 92.5 Å². The van der Waals surface area contributed by atoms with Crippen molar-refractivity contribution in [1.82, 2.24) is 0 Å². The molecule has 0 bridgehead atoms. The van der Waals surface area contributed by atoms with E-state index >= 15 is 0 Å². The van der Waals surface area contributed by atoms with Crippen LogP contribution in [0.2, 0.25) is 12.6 Å². The number of allylic oxidation sites excluding steroid dienone is 4. The second kappa shape index (κ2) is 10.4. The predicted molar refractivity (Wildman–Crippen MR) is 95.9 cm³/mol. The number of hydrogen-bond donors (Lipinski definition) is 0. The first-order chi connectivity index (χ1) is 9.68. The topological polar surface area (TPSA) is 18.5 Å². The summed E-state index contributed by atoms with van der Waals surface area (Å²) >= 11 is 0. The quantitative estimate of drug-likeness (QED) is 0.364. The normalized spacial score (nSPS) is 14.4. The Balaban J connectivity index is 4.42. The van der Waals surface area contributed by atoms with Crippen molar-refractivity contribution in [1.29, 1.82) is 0 Å². The molecule has 0 saturated carbocycles. The van der Waals surface area contributed by atoms with Gasteiger partial charge < -0.3 is 8.85 Å². The third kappa shape index (κ3) is 10.9. The maximum atomic E-state index is 6.14. The molecule has 2 nitrogen and oxygen atoms in total. The first kappa shape index (κ1) is 20.6. The minimum atomic E-state index is -2.06. The fourth-order valence-electron chi connectivity index (χ4n) is 2.36. The average Bonchev–Trinajstić information content (AvgIpc) is 2.34. The van der Waals surface area contributed by atoms with E-state index in [1.165, 1.54) is 11.1 Å². The van der Waals surface area contributed by atoms with Gasteiger partial charge in [0.25, 0.3) is 0 Å². The molecule has 0 unspecified atom stereocenters. The molecule has 0 saturated heterocycles. The van der Waals surface area contributed by atoms with Crippen molar-refractivity contribution in [3.05, 3.63) is 23.3 Å². The van der Waals surface area contributed by atoms with Crippen LogP contribution in [-0.2, 0) is 8.85 Å². The standard InChI is InChI=1S/C18H36O2Si/c1-9-17(6)11-10-12-18(7)13-14-21(8,19-15(2)3)20-16(4)5/h9,12,15-16H,10-11,13-14H2,1-8H3/b17-9+,18-12+. The van der Waals surface area contributed by atoms with Gasteiger partial charge in [0.1, 0.15) is 0 Å². The molecule has 0 atom stereocenters. The van der Waals surface area contributed by atoms with Gasteiger partial charge in [-0.15, -0.1) is 0 Å². The molecule has 0 heterocycles. The lowest BCUT2D eigenvalue weighted by molar-refractivity contribution is 0.109. The van der Waals surface area contributed by atoms with Crippen LogP contribution in [0.3, 0.4) is 0 Å². The van der Waals surface area contributed by atoms with Gasteiger partial charge in [0.05, 0.1) is 0 Å². The summed E-state index contributed by atoms with van der Waals surface area (Å²) < 4.78 is 12.3. The molecule has 3 heteroatoms. The fourth-order valence-corrected chi connectivity index (χ4v) is 5.49. The van der Waals surface area contributed by atoms with E-state index in [0.717, 1.165) is 25.3 Å². The molecular formula is C18H36O2Si. The van der Waals surface area contributed by atoms with Gasteiger partial charge in [0.15, 0.2) is 0 Å². The van der Waals surface area contributed by atoms with Crippen molar-refractivity contribution in [2.24, 2.45) is 0 Å². The van der Waals surface area contributed by atoms with E-state index in [9.17, 15) is 0 Å². The van der Waals surface area contributed by atoms with Gasteiger partial charge in [-0.1, -0.05) is 23.3 Å². The number of rotatable bonds is 10. The third-order valence-corrected chi connectivity index (χ3v) is 6.57. The first-order valence-electron chi connectivity index (χ1n) is 8.31. The van der Waals surface area contributed by atoms with Crippen molar-refractivity contribution in [3.63, 3.8) is 0 Å². The molecule has 0 spiro atoms. The Morgan fingerprint density at radius 3 is 1.90 bits per heavy atom. The lowest BCUT2D eigenvalue weighted by Crippen LogP contribution is -2.42. The third-order valence-electron chi connectivity index (χ3n) is 3.47. The zero-order chi connectivity index (χ0) is 16.5. The van der Waals surface area contributed by atoms with Crippen LogP contribution in [-0.4, -0.2) is 20.8 Å². The molecule has 0 aliphatic carbocycles. The van der Waals surface area contributed by atoms with Gasteiger partial charge >= 0.3 is 8.56 Å². The molecule has 0 rings (SSSR count). The highest BCUT2D eigenvalue weighted by Gasteiger charge is 2.33. The Bertz CT molecular complexity index is 333. The summed E-state index contributed by atoms with van der Waals surface area (Å²) in [6.45, 7) is 17.1. The first-order valence-corrected chi connectivity index (χ1v) is 10.8. The highest BCUT2D eigenvalue weighted by atomic mass is 28.4. The second-order valence-corrected chi connectivity index (χ2v) is 9.93. The van der Waals surface area contributed by atoms with Crippen LogP contribution in [0.1, 0.15) is 67.7 Å². The highest BCUT2D eigenvalue weighted by Crippen LogP contribution is 2.23. The van der Waals surface area contributed by atoms with Crippen LogP contribution in [0.5, 0.6) is 0 Å². The minimum absolute atomic E-state index is 0.238. The van der Waals surface area contributed by atoms with Gasteiger partial charge in [-0.3, -0.25) is 0 Å². The Kier molecular flexibility index (Phi) is 10.2. The Labute approximate surface area is 133 Å². The lowest BCUT2D eigenvalue weighted by atomic mass is 10.1. The predicted octanol–water partition coefficient (Wildman–Crippen LogP) is 5.99. The summed E-state index contributed by atoms with van der Waals surface area (Å²) in [5, 5.41) is 0. The van der Waals surface area contributed by atoms with E-state index in [1.54, 1.807) is 0 Å². The minimum Gasteiger partial charge on any atom is -0.392 e. The summed E-state index contributed by atoms with van der Waals surface area (Å²) in [5.74, 6) is 0. The fraction of sp³-hybridized carbons (Fsp3) is 0.778. The van der Waals surface area contributed by atoms with E-state index in [4.69, 9.17) is 8.85 Å². The molecule has 0 aromatic carbocycles. The Morgan fingerprint density at radius 1 is 0.952 bits per heavy atom. The van der Waals surface area contributed by atoms with Crippen molar-refractivity contribution < 1.29 is 8.85 Å². The van der Waals surface area contributed by atoms with Crippen LogP contribution >= 0.6 is 0 Å².